The van der Waals surface area contributed by atoms with E-state index in [1.54, 1.807) is 0 Å². The molecule has 5 nitrogen and oxygen atoms in total. The summed E-state index contributed by atoms with van der Waals surface area (Å²) in [5.74, 6) is -0.772. The fourth-order valence-electron chi connectivity index (χ4n) is 2.69. The molecule has 1 aliphatic rings. The first-order valence-electron chi connectivity index (χ1n) is 6.43. The maximum atomic E-state index is 12.1. The highest BCUT2D eigenvalue weighted by Crippen LogP contribution is 2.41. The zero-order valence-electron chi connectivity index (χ0n) is 11.3. The number of nitrogens with zero attached hydrogens (tertiary/aromatic N) is 2. The first-order chi connectivity index (χ1) is 9.61. The van der Waals surface area contributed by atoms with Crippen LogP contribution in [-0.4, -0.2) is 16.1 Å². The van der Waals surface area contributed by atoms with Crippen molar-refractivity contribution in [1.82, 2.24) is 10.2 Å². The summed E-state index contributed by atoms with van der Waals surface area (Å²) in [5.41, 5.74) is 3.89. The van der Waals surface area contributed by atoms with Crippen molar-refractivity contribution in [1.29, 1.82) is 5.26 Å². The SMILES string of the molecule is Cc1ccc(C2c3c(n[nH]c3C)NC(=O)C2C#N)cc1. The van der Waals surface area contributed by atoms with Crippen molar-refractivity contribution in [3.63, 3.8) is 0 Å². The number of aromatic nitrogens is 2. The van der Waals surface area contributed by atoms with Gasteiger partial charge in [-0.2, -0.15) is 10.4 Å². The molecular weight excluding hydrogens is 252 g/mol. The minimum absolute atomic E-state index is 0.275. The van der Waals surface area contributed by atoms with Gasteiger partial charge in [0.2, 0.25) is 5.91 Å². The standard InChI is InChI=1S/C15H14N4O/c1-8-3-5-10(6-4-8)13-11(7-16)15(20)17-14-12(13)9(2)18-19-14/h3-6,11,13H,1-2H3,(H2,17,18,19,20). The maximum Gasteiger partial charge on any atom is 0.243 e. The van der Waals surface area contributed by atoms with E-state index in [9.17, 15) is 10.1 Å². The Kier molecular flexibility index (Phi) is 2.79. The van der Waals surface area contributed by atoms with Gasteiger partial charge in [-0.15, -0.1) is 0 Å². The second-order valence-corrected chi connectivity index (χ2v) is 5.10. The molecule has 20 heavy (non-hydrogen) atoms. The van der Waals surface area contributed by atoms with Crippen LogP contribution in [0.25, 0.3) is 0 Å². The van der Waals surface area contributed by atoms with Crippen LogP contribution in [0.15, 0.2) is 24.3 Å². The van der Waals surface area contributed by atoms with E-state index in [1.165, 1.54) is 0 Å². The molecule has 0 bridgehead atoms. The summed E-state index contributed by atoms with van der Waals surface area (Å²) in [5, 5.41) is 19.0. The summed E-state index contributed by atoms with van der Waals surface area (Å²) in [6.45, 7) is 3.91. The van der Waals surface area contributed by atoms with Gasteiger partial charge >= 0.3 is 0 Å². The molecule has 2 unspecified atom stereocenters. The highest BCUT2D eigenvalue weighted by Gasteiger charge is 2.39. The summed E-state index contributed by atoms with van der Waals surface area (Å²) in [6, 6.07) is 10.0. The third-order valence-corrected chi connectivity index (χ3v) is 3.74. The molecule has 1 aromatic heterocycles. The van der Waals surface area contributed by atoms with E-state index in [1.807, 2.05) is 38.1 Å². The number of benzene rings is 1. The van der Waals surface area contributed by atoms with Crippen molar-refractivity contribution in [2.45, 2.75) is 19.8 Å². The Bertz CT molecular complexity index is 708. The number of hydrogen-bond acceptors (Lipinski definition) is 3. The predicted octanol–water partition coefficient (Wildman–Crippen LogP) is 2.25. The number of hydrogen-bond donors (Lipinski definition) is 2. The minimum atomic E-state index is -0.735. The second-order valence-electron chi connectivity index (χ2n) is 5.10. The Labute approximate surface area is 116 Å². The van der Waals surface area contributed by atoms with Gasteiger partial charge in [0, 0.05) is 17.2 Å². The number of nitrogens with one attached hydrogen (secondary N) is 2. The summed E-state index contributed by atoms with van der Waals surface area (Å²) >= 11 is 0. The molecule has 2 heterocycles. The Morgan fingerprint density at radius 1 is 1.25 bits per heavy atom. The van der Waals surface area contributed by atoms with Gasteiger partial charge in [-0.1, -0.05) is 29.8 Å². The Balaban J connectivity index is 2.19. The second kappa shape index (κ2) is 4.49. The number of carbonyl (C=O) groups excluding carboxylic acids is 1. The molecule has 0 spiro atoms. The zero-order chi connectivity index (χ0) is 14.3. The van der Waals surface area contributed by atoms with Gasteiger partial charge < -0.3 is 5.32 Å². The third kappa shape index (κ3) is 1.77. The van der Waals surface area contributed by atoms with Gasteiger partial charge in [0.25, 0.3) is 0 Å². The van der Waals surface area contributed by atoms with Crippen molar-refractivity contribution in [2.75, 3.05) is 5.32 Å². The van der Waals surface area contributed by atoms with Crippen LogP contribution in [-0.2, 0) is 4.79 Å². The number of anilines is 1. The van der Waals surface area contributed by atoms with Crippen LogP contribution < -0.4 is 5.32 Å². The molecule has 2 atom stereocenters. The van der Waals surface area contributed by atoms with E-state index in [0.29, 0.717) is 5.82 Å². The fraction of sp³-hybridized carbons (Fsp3) is 0.267. The average molecular weight is 266 g/mol. The van der Waals surface area contributed by atoms with E-state index in [4.69, 9.17) is 0 Å². The maximum absolute atomic E-state index is 12.1. The summed E-state index contributed by atoms with van der Waals surface area (Å²) in [6.07, 6.45) is 0. The zero-order valence-corrected chi connectivity index (χ0v) is 11.3. The van der Waals surface area contributed by atoms with E-state index in [0.717, 1.165) is 22.4 Å². The highest BCUT2D eigenvalue weighted by molar-refractivity contribution is 5.98. The van der Waals surface area contributed by atoms with Crippen LogP contribution in [0.3, 0.4) is 0 Å². The smallest absolute Gasteiger partial charge is 0.243 e. The first-order valence-corrected chi connectivity index (χ1v) is 6.43. The summed E-state index contributed by atoms with van der Waals surface area (Å²) in [7, 11) is 0. The number of aromatic amines is 1. The molecule has 0 saturated carbocycles. The average Bonchev–Trinajstić information content (AvgIpc) is 2.79. The first kappa shape index (κ1) is 12.4. The van der Waals surface area contributed by atoms with Gasteiger partial charge in [0.05, 0.1) is 6.07 Å². The quantitative estimate of drug-likeness (QED) is 0.830. The molecule has 100 valence electrons. The molecule has 2 aromatic rings. The molecule has 5 heteroatoms. The van der Waals surface area contributed by atoms with E-state index in [2.05, 4.69) is 21.6 Å². The number of carbonyl (C=O) groups is 1. The lowest BCUT2D eigenvalue weighted by Crippen LogP contribution is -2.33. The number of aryl methyl sites for hydroxylation is 2. The van der Waals surface area contributed by atoms with Crippen LogP contribution in [0.5, 0.6) is 0 Å². The molecule has 3 rings (SSSR count). The Hall–Kier alpha value is -2.61. The van der Waals surface area contributed by atoms with Gasteiger partial charge in [-0.25, -0.2) is 0 Å². The summed E-state index contributed by atoms with van der Waals surface area (Å²) < 4.78 is 0. The Morgan fingerprint density at radius 2 is 1.95 bits per heavy atom. The Morgan fingerprint density at radius 3 is 2.60 bits per heavy atom. The highest BCUT2D eigenvalue weighted by atomic mass is 16.2. The van der Waals surface area contributed by atoms with Crippen molar-refractivity contribution >= 4 is 11.7 Å². The van der Waals surface area contributed by atoms with Gasteiger partial charge in [0.15, 0.2) is 5.82 Å². The third-order valence-electron chi connectivity index (χ3n) is 3.74. The number of rotatable bonds is 1. The molecule has 0 aliphatic carbocycles. The van der Waals surface area contributed by atoms with Crippen LogP contribution in [0, 0.1) is 31.1 Å². The van der Waals surface area contributed by atoms with Crippen LogP contribution >= 0.6 is 0 Å². The van der Waals surface area contributed by atoms with Gasteiger partial charge in [-0.3, -0.25) is 9.89 Å². The number of fused-ring (bicyclic) bond motifs is 1. The number of H-pyrrole nitrogens is 1. The molecule has 2 N–H and O–H groups in total. The lowest BCUT2D eigenvalue weighted by molar-refractivity contribution is -0.119. The van der Waals surface area contributed by atoms with E-state index < -0.39 is 5.92 Å². The van der Waals surface area contributed by atoms with Crippen molar-refractivity contribution in [3.8, 4) is 6.07 Å². The predicted molar refractivity (Wildman–Crippen MR) is 74.1 cm³/mol. The van der Waals surface area contributed by atoms with Crippen molar-refractivity contribution < 1.29 is 4.79 Å². The molecular formula is C15H14N4O. The van der Waals surface area contributed by atoms with E-state index >= 15 is 0 Å². The van der Waals surface area contributed by atoms with Crippen LogP contribution in [0.2, 0.25) is 0 Å². The molecule has 1 amide bonds. The number of amides is 1. The van der Waals surface area contributed by atoms with Gasteiger partial charge in [0.1, 0.15) is 5.92 Å². The van der Waals surface area contributed by atoms with Crippen molar-refractivity contribution in [2.24, 2.45) is 5.92 Å². The molecule has 1 aliphatic heterocycles. The minimum Gasteiger partial charge on any atom is -0.308 e. The topological polar surface area (TPSA) is 81.6 Å². The molecule has 1 aromatic carbocycles. The lowest BCUT2D eigenvalue weighted by atomic mass is 9.78. The molecule has 0 radical (unpaired) electrons. The summed E-state index contributed by atoms with van der Waals surface area (Å²) in [4.78, 5) is 12.1. The van der Waals surface area contributed by atoms with Gasteiger partial charge in [-0.05, 0) is 19.4 Å². The lowest BCUT2D eigenvalue weighted by Gasteiger charge is -2.27. The van der Waals surface area contributed by atoms with Crippen LogP contribution in [0.1, 0.15) is 28.3 Å². The van der Waals surface area contributed by atoms with E-state index in [-0.39, 0.29) is 11.8 Å². The van der Waals surface area contributed by atoms with Crippen molar-refractivity contribution in [3.05, 3.63) is 46.6 Å². The fourth-order valence-corrected chi connectivity index (χ4v) is 2.69. The normalized spacial score (nSPS) is 20.9. The largest absolute Gasteiger partial charge is 0.308 e. The number of nitriles is 1. The molecule has 0 saturated heterocycles. The van der Waals surface area contributed by atoms with Crippen LogP contribution in [0.4, 0.5) is 5.82 Å². The monoisotopic (exact) mass is 266 g/mol. The molecule has 0 fully saturated rings.